The van der Waals surface area contributed by atoms with E-state index in [9.17, 15) is 9.18 Å². The van der Waals surface area contributed by atoms with Crippen LogP contribution >= 0.6 is 27.5 Å². The van der Waals surface area contributed by atoms with Gasteiger partial charge in [0.2, 0.25) is 0 Å². The summed E-state index contributed by atoms with van der Waals surface area (Å²) in [7, 11) is 0. The first kappa shape index (κ1) is 14.9. The van der Waals surface area contributed by atoms with Crippen LogP contribution in [-0.2, 0) is 0 Å². The average Bonchev–Trinajstić information content (AvgIpc) is 2.84. The number of nitrogens with zero attached hydrogens (tertiary/aromatic N) is 2. The first-order chi connectivity index (χ1) is 10.6. The Labute approximate surface area is 139 Å². The van der Waals surface area contributed by atoms with Crippen molar-refractivity contribution in [2.75, 3.05) is 0 Å². The Morgan fingerprint density at radius 1 is 1.18 bits per heavy atom. The van der Waals surface area contributed by atoms with E-state index in [4.69, 9.17) is 11.6 Å². The van der Waals surface area contributed by atoms with Gasteiger partial charge in [0.25, 0.3) is 0 Å². The van der Waals surface area contributed by atoms with Crippen LogP contribution in [0, 0.1) is 5.82 Å². The molecule has 0 radical (unpaired) electrons. The van der Waals surface area contributed by atoms with Gasteiger partial charge in [-0.3, -0.25) is 4.79 Å². The normalized spacial score (nSPS) is 10.7. The minimum absolute atomic E-state index is 0.270. The van der Waals surface area contributed by atoms with Crippen molar-refractivity contribution in [1.82, 2.24) is 9.78 Å². The van der Waals surface area contributed by atoms with E-state index < -0.39 is 5.82 Å². The van der Waals surface area contributed by atoms with Crippen LogP contribution in [-0.4, -0.2) is 16.1 Å². The minimum Gasteiger partial charge on any atom is -0.298 e. The molecule has 0 atom stereocenters. The maximum Gasteiger partial charge on any atom is 0.155 e. The molecule has 1 heterocycles. The van der Waals surface area contributed by atoms with Gasteiger partial charge in [0.1, 0.15) is 16.1 Å². The summed E-state index contributed by atoms with van der Waals surface area (Å²) in [6.07, 6.45) is 0.653. The zero-order chi connectivity index (χ0) is 15.7. The lowest BCUT2D eigenvalue weighted by molar-refractivity contribution is 0.112. The van der Waals surface area contributed by atoms with Crippen molar-refractivity contribution in [3.8, 4) is 16.9 Å². The Bertz CT molecular complexity index is 863. The van der Waals surface area contributed by atoms with Gasteiger partial charge in [-0.05, 0) is 46.3 Å². The number of rotatable bonds is 3. The molecule has 3 rings (SSSR count). The van der Waals surface area contributed by atoms with Crippen LogP contribution in [0.25, 0.3) is 16.9 Å². The maximum absolute atomic E-state index is 14.0. The lowest BCUT2D eigenvalue weighted by atomic mass is 10.1. The van der Waals surface area contributed by atoms with Crippen molar-refractivity contribution in [2.24, 2.45) is 0 Å². The van der Waals surface area contributed by atoms with E-state index in [0.717, 1.165) is 0 Å². The van der Waals surface area contributed by atoms with Gasteiger partial charge in [-0.15, -0.1) is 0 Å². The smallest absolute Gasteiger partial charge is 0.155 e. The highest BCUT2D eigenvalue weighted by Gasteiger charge is 2.20. The van der Waals surface area contributed by atoms with Crippen LogP contribution < -0.4 is 0 Å². The fraction of sp³-hybridized carbons (Fsp3) is 0. The summed E-state index contributed by atoms with van der Waals surface area (Å²) in [6, 6.07) is 13.2. The summed E-state index contributed by atoms with van der Waals surface area (Å²) in [4.78, 5) is 11.4. The molecule has 0 fully saturated rings. The van der Waals surface area contributed by atoms with Crippen LogP contribution in [0.2, 0.25) is 5.02 Å². The van der Waals surface area contributed by atoms with Crippen LogP contribution in [0.3, 0.4) is 0 Å². The second-order valence-electron chi connectivity index (χ2n) is 4.54. The molecule has 2 aromatic carbocycles. The first-order valence-electron chi connectivity index (χ1n) is 6.36. The predicted octanol–water partition coefficient (Wildman–Crippen LogP) is 4.91. The molecule has 0 saturated carbocycles. The molecule has 110 valence electrons. The molecular formula is C16H9BrClFN2O. The van der Waals surface area contributed by atoms with Crippen molar-refractivity contribution in [1.29, 1.82) is 0 Å². The number of aromatic nitrogens is 2. The van der Waals surface area contributed by atoms with Gasteiger partial charge >= 0.3 is 0 Å². The second kappa shape index (κ2) is 6.02. The highest BCUT2D eigenvalue weighted by atomic mass is 79.9. The monoisotopic (exact) mass is 378 g/mol. The van der Waals surface area contributed by atoms with Crippen LogP contribution in [0.4, 0.5) is 4.39 Å². The predicted molar refractivity (Wildman–Crippen MR) is 87.1 cm³/mol. The van der Waals surface area contributed by atoms with E-state index in [1.807, 2.05) is 0 Å². The lowest BCUT2D eigenvalue weighted by Crippen LogP contribution is -1.97. The fourth-order valence-electron chi connectivity index (χ4n) is 2.15. The third kappa shape index (κ3) is 2.58. The number of carbonyl (C=O) groups excluding carboxylic acids is 1. The van der Waals surface area contributed by atoms with Gasteiger partial charge in [0, 0.05) is 10.6 Å². The Hall–Kier alpha value is -1.98. The second-order valence-corrected chi connectivity index (χ2v) is 5.73. The first-order valence-corrected chi connectivity index (χ1v) is 7.53. The largest absolute Gasteiger partial charge is 0.298 e. The van der Waals surface area contributed by atoms with Crippen molar-refractivity contribution in [3.63, 3.8) is 0 Å². The molecular weight excluding hydrogens is 371 g/mol. The SMILES string of the molecule is O=Cc1c(-c2ccccc2F)nn(-c2cccc(Cl)c2)c1Br. The topological polar surface area (TPSA) is 34.9 Å². The Kier molecular flexibility index (Phi) is 4.09. The zero-order valence-electron chi connectivity index (χ0n) is 11.1. The molecule has 0 bridgehead atoms. The summed E-state index contributed by atoms with van der Waals surface area (Å²) in [5.74, 6) is -0.436. The third-order valence-corrected chi connectivity index (χ3v) is 4.16. The van der Waals surface area contributed by atoms with E-state index in [0.29, 0.717) is 21.6 Å². The van der Waals surface area contributed by atoms with Crippen molar-refractivity contribution >= 4 is 33.8 Å². The zero-order valence-corrected chi connectivity index (χ0v) is 13.5. The van der Waals surface area contributed by atoms with Gasteiger partial charge in [-0.25, -0.2) is 9.07 Å². The molecule has 0 aliphatic rings. The highest BCUT2D eigenvalue weighted by Crippen LogP contribution is 2.31. The molecule has 3 nitrogen and oxygen atoms in total. The van der Waals surface area contributed by atoms with Gasteiger partial charge in [-0.1, -0.05) is 29.8 Å². The van der Waals surface area contributed by atoms with Crippen molar-refractivity contribution < 1.29 is 9.18 Å². The van der Waals surface area contributed by atoms with Crippen molar-refractivity contribution in [2.45, 2.75) is 0 Å². The molecule has 6 heteroatoms. The van der Waals surface area contributed by atoms with Gasteiger partial charge < -0.3 is 0 Å². The summed E-state index contributed by atoms with van der Waals surface area (Å²) in [5.41, 5.74) is 1.50. The Morgan fingerprint density at radius 3 is 2.64 bits per heavy atom. The minimum atomic E-state index is -0.436. The number of carbonyl (C=O) groups is 1. The number of aldehydes is 1. The molecule has 22 heavy (non-hydrogen) atoms. The van der Waals surface area contributed by atoms with Crippen LogP contribution in [0.1, 0.15) is 10.4 Å². The summed E-state index contributed by atoms with van der Waals surface area (Å²) >= 11 is 9.33. The Morgan fingerprint density at radius 2 is 1.95 bits per heavy atom. The number of benzene rings is 2. The van der Waals surface area contributed by atoms with Crippen LogP contribution in [0.5, 0.6) is 0 Å². The number of halogens is 3. The van der Waals surface area contributed by atoms with E-state index >= 15 is 0 Å². The molecule has 0 aliphatic heterocycles. The highest BCUT2D eigenvalue weighted by molar-refractivity contribution is 9.10. The average molecular weight is 380 g/mol. The Balaban J connectivity index is 2.24. The van der Waals surface area contributed by atoms with Crippen LogP contribution in [0.15, 0.2) is 53.1 Å². The quantitative estimate of drug-likeness (QED) is 0.606. The summed E-state index contributed by atoms with van der Waals surface area (Å²) in [5, 5.41) is 4.90. The molecule has 0 unspecified atom stereocenters. The maximum atomic E-state index is 14.0. The lowest BCUT2D eigenvalue weighted by Gasteiger charge is -2.03. The molecule has 0 aliphatic carbocycles. The van der Waals surface area contributed by atoms with E-state index in [2.05, 4.69) is 21.0 Å². The third-order valence-electron chi connectivity index (χ3n) is 3.16. The standard InChI is InChI=1S/C16H9BrClFN2O/c17-16-13(9-22)15(12-6-1-2-7-14(12)19)20-21(16)11-5-3-4-10(18)8-11/h1-9H. The molecule has 0 saturated heterocycles. The molecule has 3 aromatic rings. The van der Waals surface area contributed by atoms with E-state index in [1.54, 1.807) is 42.5 Å². The van der Waals surface area contributed by atoms with Gasteiger partial charge in [0.05, 0.1) is 11.3 Å². The molecule has 0 N–H and O–H groups in total. The molecule has 0 spiro atoms. The molecule has 0 amide bonds. The van der Waals surface area contributed by atoms with Crippen molar-refractivity contribution in [3.05, 3.63) is 69.5 Å². The summed E-state index contributed by atoms with van der Waals surface area (Å²) in [6.45, 7) is 0. The number of hydrogen-bond acceptors (Lipinski definition) is 2. The molecule has 1 aromatic heterocycles. The summed E-state index contributed by atoms with van der Waals surface area (Å²) < 4.78 is 16.0. The van der Waals surface area contributed by atoms with Gasteiger partial charge in [0.15, 0.2) is 6.29 Å². The van der Waals surface area contributed by atoms with E-state index in [-0.39, 0.29) is 16.8 Å². The number of hydrogen-bond donors (Lipinski definition) is 0. The fourth-order valence-corrected chi connectivity index (χ4v) is 2.89. The van der Waals surface area contributed by atoms with E-state index in [1.165, 1.54) is 10.7 Å². The van der Waals surface area contributed by atoms with Gasteiger partial charge in [-0.2, -0.15) is 5.10 Å².